The predicted molar refractivity (Wildman–Crippen MR) is 93.4 cm³/mol. The zero-order valence-electron chi connectivity index (χ0n) is 12.6. The van der Waals surface area contributed by atoms with Gasteiger partial charge in [-0.1, -0.05) is 42.5 Å². The van der Waals surface area contributed by atoms with Gasteiger partial charge in [0.25, 0.3) is 0 Å². The first-order valence-electron chi connectivity index (χ1n) is 7.28. The van der Waals surface area contributed by atoms with Crippen LogP contribution in [0.2, 0.25) is 0 Å². The maximum absolute atomic E-state index is 13.0. The summed E-state index contributed by atoms with van der Waals surface area (Å²) in [6, 6.07) is 15.8. The predicted octanol–water partition coefficient (Wildman–Crippen LogP) is 3.64. The van der Waals surface area contributed by atoms with Crippen molar-refractivity contribution in [3.05, 3.63) is 77.1 Å². The fourth-order valence-electron chi connectivity index (χ4n) is 2.07. The van der Waals surface area contributed by atoms with Gasteiger partial charge in [-0.15, -0.1) is 11.3 Å². The molecule has 1 N–H and O–H groups in total. The van der Waals surface area contributed by atoms with Crippen molar-refractivity contribution >= 4 is 23.5 Å². The molecule has 3 rings (SSSR count). The number of hydrogen-bond donors (Lipinski definition) is 1. The minimum absolute atomic E-state index is 0.143. The summed E-state index contributed by atoms with van der Waals surface area (Å²) < 4.78 is 13.0. The second-order valence-corrected chi connectivity index (χ2v) is 5.89. The summed E-state index contributed by atoms with van der Waals surface area (Å²) in [5, 5.41) is 6.56. The molecule has 120 valence electrons. The van der Waals surface area contributed by atoms with Crippen molar-refractivity contribution in [2.24, 2.45) is 5.10 Å². The van der Waals surface area contributed by atoms with Crippen LogP contribution in [0.5, 0.6) is 0 Å². The number of nitrogens with one attached hydrogen (secondary N) is 1. The molecule has 0 atom stereocenters. The normalized spacial score (nSPS) is 10.9. The molecule has 0 unspecified atom stereocenters. The van der Waals surface area contributed by atoms with E-state index in [0.29, 0.717) is 11.3 Å². The van der Waals surface area contributed by atoms with Crippen molar-refractivity contribution in [3.63, 3.8) is 0 Å². The SMILES string of the molecule is O=C(Cc1csc(-c2ccccc2)n1)NN=Cc1cccc(F)c1. The molecule has 6 heteroatoms. The maximum atomic E-state index is 13.0. The van der Waals surface area contributed by atoms with E-state index in [0.717, 1.165) is 10.6 Å². The third-order valence-corrected chi connectivity index (χ3v) is 4.11. The van der Waals surface area contributed by atoms with E-state index in [2.05, 4.69) is 15.5 Å². The number of hydrogen-bond acceptors (Lipinski definition) is 4. The molecule has 4 nitrogen and oxygen atoms in total. The Labute approximate surface area is 142 Å². The van der Waals surface area contributed by atoms with Crippen molar-refractivity contribution < 1.29 is 9.18 Å². The fourth-order valence-corrected chi connectivity index (χ4v) is 2.90. The van der Waals surface area contributed by atoms with Crippen LogP contribution in [-0.4, -0.2) is 17.1 Å². The van der Waals surface area contributed by atoms with Crippen molar-refractivity contribution in [3.8, 4) is 10.6 Å². The fraction of sp³-hybridized carbons (Fsp3) is 0.0556. The minimum atomic E-state index is -0.346. The largest absolute Gasteiger partial charge is 0.273 e. The molecule has 0 radical (unpaired) electrons. The third-order valence-electron chi connectivity index (χ3n) is 3.17. The highest BCUT2D eigenvalue weighted by molar-refractivity contribution is 7.13. The highest BCUT2D eigenvalue weighted by Crippen LogP contribution is 2.23. The number of amides is 1. The van der Waals surface area contributed by atoms with Crippen LogP contribution in [0, 0.1) is 5.82 Å². The molecular weight excluding hydrogens is 325 g/mol. The summed E-state index contributed by atoms with van der Waals surface area (Å²) in [6.07, 6.45) is 1.54. The van der Waals surface area contributed by atoms with Gasteiger partial charge in [-0.2, -0.15) is 5.10 Å². The highest BCUT2D eigenvalue weighted by Gasteiger charge is 2.08. The zero-order valence-corrected chi connectivity index (χ0v) is 13.5. The average Bonchev–Trinajstić information content (AvgIpc) is 3.04. The average molecular weight is 339 g/mol. The Kier molecular flexibility index (Phi) is 5.08. The van der Waals surface area contributed by atoms with Gasteiger partial charge in [0.2, 0.25) is 5.91 Å². The molecule has 0 aliphatic rings. The zero-order chi connectivity index (χ0) is 16.8. The van der Waals surface area contributed by atoms with Gasteiger partial charge >= 0.3 is 0 Å². The van der Waals surface area contributed by atoms with Crippen LogP contribution in [0.1, 0.15) is 11.3 Å². The second-order valence-electron chi connectivity index (χ2n) is 5.03. The van der Waals surface area contributed by atoms with Crippen LogP contribution in [0.3, 0.4) is 0 Å². The summed E-state index contributed by atoms with van der Waals surface area (Å²) in [5.41, 5.74) is 4.72. The van der Waals surface area contributed by atoms with Crippen LogP contribution in [0.4, 0.5) is 4.39 Å². The molecule has 0 saturated carbocycles. The quantitative estimate of drug-likeness (QED) is 0.570. The van der Waals surface area contributed by atoms with Gasteiger partial charge in [-0.25, -0.2) is 14.8 Å². The first kappa shape index (κ1) is 16.0. The molecule has 1 heterocycles. The molecule has 24 heavy (non-hydrogen) atoms. The van der Waals surface area contributed by atoms with Gasteiger partial charge < -0.3 is 0 Å². The highest BCUT2D eigenvalue weighted by atomic mass is 32.1. The molecule has 0 saturated heterocycles. The van der Waals surface area contributed by atoms with Gasteiger partial charge in [-0.3, -0.25) is 4.79 Å². The molecule has 1 aromatic heterocycles. The van der Waals surface area contributed by atoms with E-state index >= 15 is 0 Å². The van der Waals surface area contributed by atoms with Crippen LogP contribution >= 0.6 is 11.3 Å². The van der Waals surface area contributed by atoms with E-state index in [1.807, 2.05) is 35.7 Å². The number of hydrazone groups is 1. The van der Waals surface area contributed by atoms with Crippen molar-refractivity contribution in [2.75, 3.05) is 0 Å². The van der Waals surface area contributed by atoms with Crippen molar-refractivity contribution in [1.29, 1.82) is 0 Å². The molecule has 0 bridgehead atoms. The van der Waals surface area contributed by atoms with Crippen molar-refractivity contribution in [1.82, 2.24) is 10.4 Å². The first-order valence-corrected chi connectivity index (χ1v) is 8.16. The van der Waals surface area contributed by atoms with E-state index in [1.165, 1.54) is 29.7 Å². The molecule has 0 aliphatic heterocycles. The van der Waals surface area contributed by atoms with Crippen LogP contribution < -0.4 is 5.43 Å². The number of rotatable bonds is 5. The van der Waals surface area contributed by atoms with Crippen LogP contribution in [-0.2, 0) is 11.2 Å². The van der Waals surface area contributed by atoms with E-state index in [4.69, 9.17) is 0 Å². The lowest BCUT2D eigenvalue weighted by Gasteiger charge is -1.98. The molecule has 3 aromatic rings. The Hall–Kier alpha value is -2.86. The van der Waals surface area contributed by atoms with Gasteiger partial charge in [0.05, 0.1) is 18.3 Å². The Balaban J connectivity index is 1.57. The van der Waals surface area contributed by atoms with Gasteiger partial charge in [0, 0.05) is 10.9 Å². The Bertz CT molecular complexity index is 861. The number of nitrogens with zero attached hydrogens (tertiary/aromatic N) is 2. The van der Waals surface area contributed by atoms with E-state index in [9.17, 15) is 9.18 Å². The van der Waals surface area contributed by atoms with Gasteiger partial charge in [0.15, 0.2) is 0 Å². The Morgan fingerprint density at radius 2 is 2.04 bits per heavy atom. The van der Waals surface area contributed by atoms with Crippen LogP contribution in [0.15, 0.2) is 65.1 Å². The van der Waals surface area contributed by atoms with Crippen LogP contribution in [0.25, 0.3) is 10.6 Å². The minimum Gasteiger partial charge on any atom is -0.273 e. The lowest BCUT2D eigenvalue weighted by molar-refractivity contribution is -0.120. The topological polar surface area (TPSA) is 54.4 Å². The monoisotopic (exact) mass is 339 g/mol. The number of aromatic nitrogens is 1. The molecular formula is C18H14FN3OS. The first-order chi connectivity index (χ1) is 11.7. The molecule has 2 aromatic carbocycles. The number of benzene rings is 2. The summed E-state index contributed by atoms with van der Waals surface area (Å²) in [4.78, 5) is 16.3. The molecule has 0 fully saturated rings. The summed E-state index contributed by atoms with van der Waals surface area (Å²) >= 11 is 1.50. The smallest absolute Gasteiger partial charge is 0.246 e. The lowest BCUT2D eigenvalue weighted by atomic mass is 10.2. The Morgan fingerprint density at radius 3 is 2.83 bits per heavy atom. The van der Waals surface area contributed by atoms with E-state index < -0.39 is 0 Å². The molecule has 1 amide bonds. The second kappa shape index (κ2) is 7.61. The number of carbonyl (C=O) groups excluding carboxylic acids is 1. The molecule has 0 aliphatic carbocycles. The summed E-state index contributed by atoms with van der Waals surface area (Å²) in [7, 11) is 0. The number of thiazole rings is 1. The van der Waals surface area contributed by atoms with E-state index in [-0.39, 0.29) is 18.1 Å². The lowest BCUT2D eigenvalue weighted by Crippen LogP contribution is -2.19. The maximum Gasteiger partial charge on any atom is 0.246 e. The molecule has 0 spiro atoms. The van der Waals surface area contributed by atoms with Gasteiger partial charge in [0.1, 0.15) is 10.8 Å². The van der Waals surface area contributed by atoms with Crippen molar-refractivity contribution in [2.45, 2.75) is 6.42 Å². The Morgan fingerprint density at radius 1 is 1.21 bits per heavy atom. The number of halogens is 1. The van der Waals surface area contributed by atoms with Gasteiger partial charge in [-0.05, 0) is 17.7 Å². The third kappa shape index (κ3) is 4.33. The van der Waals surface area contributed by atoms with E-state index in [1.54, 1.807) is 12.1 Å². The summed E-state index contributed by atoms with van der Waals surface area (Å²) in [6.45, 7) is 0. The standard InChI is InChI=1S/C18H14FN3OS/c19-15-8-4-5-13(9-15)11-20-22-17(23)10-16-12-24-18(21-16)14-6-2-1-3-7-14/h1-9,11-12H,10H2,(H,22,23). The number of carbonyl (C=O) groups is 1. The summed E-state index contributed by atoms with van der Waals surface area (Å²) in [5.74, 6) is -0.617.